The van der Waals surface area contributed by atoms with Crippen molar-refractivity contribution >= 4 is 34.9 Å². The largest absolute Gasteiger partial charge is 0.354 e. The molecule has 0 bridgehead atoms. The first-order valence-corrected chi connectivity index (χ1v) is 9.06. The molecule has 1 fully saturated rings. The maximum absolute atomic E-state index is 12.4. The lowest BCUT2D eigenvalue weighted by molar-refractivity contribution is -0.124. The molecule has 1 saturated heterocycles. The van der Waals surface area contributed by atoms with Crippen LogP contribution in [0, 0.1) is 0 Å². The number of nitrogens with zero attached hydrogens (tertiary/aromatic N) is 1. The highest BCUT2D eigenvalue weighted by Crippen LogP contribution is 2.31. The van der Waals surface area contributed by atoms with Crippen LogP contribution in [-0.4, -0.2) is 35.0 Å². The number of benzene rings is 2. The lowest BCUT2D eigenvalue weighted by Crippen LogP contribution is -2.37. The van der Waals surface area contributed by atoms with Gasteiger partial charge in [-0.2, -0.15) is 0 Å². The Morgan fingerprint density at radius 3 is 2.35 bits per heavy atom. The van der Waals surface area contributed by atoms with E-state index in [-0.39, 0.29) is 36.6 Å². The minimum absolute atomic E-state index is 0.136. The quantitative estimate of drug-likeness (QED) is 0.798. The molecule has 3 amide bonds. The van der Waals surface area contributed by atoms with Crippen molar-refractivity contribution in [2.24, 2.45) is 0 Å². The second-order valence-electron chi connectivity index (χ2n) is 5.76. The number of carbonyl (C=O) groups excluding carboxylic acids is 3. The summed E-state index contributed by atoms with van der Waals surface area (Å²) in [6, 6.07) is 18.8. The number of amides is 3. The molecule has 0 aliphatic carbocycles. The summed E-state index contributed by atoms with van der Waals surface area (Å²) in [4.78, 5) is 38.0. The van der Waals surface area contributed by atoms with Crippen LogP contribution < -0.4 is 5.32 Å². The molecule has 1 aliphatic heterocycles. The topological polar surface area (TPSA) is 66.5 Å². The Balaban J connectivity index is 1.52. The average Bonchev–Trinajstić information content (AvgIpc) is 2.91. The van der Waals surface area contributed by atoms with E-state index in [1.54, 1.807) is 6.08 Å². The van der Waals surface area contributed by atoms with Gasteiger partial charge in [-0.1, -0.05) is 60.7 Å². The lowest BCUT2D eigenvalue weighted by Gasteiger charge is -2.13. The molecule has 0 unspecified atom stereocenters. The van der Waals surface area contributed by atoms with Crippen LogP contribution in [0.3, 0.4) is 0 Å². The molecule has 1 aliphatic rings. The summed E-state index contributed by atoms with van der Waals surface area (Å²) in [5.74, 6) is -0.454. The van der Waals surface area contributed by atoms with Gasteiger partial charge in [0.2, 0.25) is 5.91 Å². The molecule has 2 aromatic rings. The van der Waals surface area contributed by atoms with Crippen molar-refractivity contribution in [3.63, 3.8) is 0 Å². The van der Waals surface area contributed by atoms with E-state index in [1.807, 2.05) is 60.7 Å². The first-order valence-electron chi connectivity index (χ1n) is 8.24. The van der Waals surface area contributed by atoms with Gasteiger partial charge in [-0.15, -0.1) is 0 Å². The first-order chi connectivity index (χ1) is 12.6. The fraction of sp³-hybridized carbons (Fsp3) is 0.150. The van der Waals surface area contributed by atoms with Gasteiger partial charge in [-0.05, 0) is 29.0 Å². The zero-order valence-electron chi connectivity index (χ0n) is 14.1. The van der Waals surface area contributed by atoms with Gasteiger partial charge >= 0.3 is 0 Å². The molecule has 1 N–H and O–H groups in total. The van der Waals surface area contributed by atoms with Crippen molar-refractivity contribution in [2.75, 3.05) is 13.1 Å². The molecule has 0 radical (unpaired) electrons. The third-order valence-corrected chi connectivity index (χ3v) is 4.74. The van der Waals surface area contributed by atoms with Gasteiger partial charge in [0.25, 0.3) is 11.1 Å². The van der Waals surface area contributed by atoms with Crippen LogP contribution in [-0.2, 0) is 16.0 Å². The average molecular weight is 366 g/mol. The van der Waals surface area contributed by atoms with Gasteiger partial charge in [-0.3, -0.25) is 19.3 Å². The molecule has 0 atom stereocenters. The summed E-state index contributed by atoms with van der Waals surface area (Å²) >= 11 is 0.924. The Morgan fingerprint density at radius 2 is 1.65 bits per heavy atom. The number of thioether (sulfide) groups is 1. The summed E-state index contributed by atoms with van der Waals surface area (Å²) in [6.07, 6.45) is 1.98. The Bertz CT molecular complexity index is 835. The highest BCUT2D eigenvalue weighted by atomic mass is 32.2. The monoisotopic (exact) mass is 366 g/mol. The number of hydrogen-bond donors (Lipinski definition) is 1. The summed E-state index contributed by atoms with van der Waals surface area (Å²) in [7, 11) is 0. The zero-order chi connectivity index (χ0) is 18.4. The summed E-state index contributed by atoms with van der Waals surface area (Å²) in [5.41, 5.74) is 1.79. The van der Waals surface area contributed by atoms with Gasteiger partial charge in [-0.25, -0.2) is 0 Å². The summed E-state index contributed by atoms with van der Waals surface area (Å²) in [5, 5.41) is 2.44. The van der Waals surface area contributed by atoms with Crippen molar-refractivity contribution in [1.29, 1.82) is 0 Å². The molecule has 0 saturated carbocycles. The molecule has 6 heteroatoms. The molecule has 5 nitrogen and oxygen atoms in total. The molecule has 0 spiro atoms. The van der Waals surface area contributed by atoms with Crippen molar-refractivity contribution in [3.05, 3.63) is 76.7 Å². The fourth-order valence-electron chi connectivity index (χ4n) is 2.54. The minimum Gasteiger partial charge on any atom is -0.354 e. The van der Waals surface area contributed by atoms with Crippen LogP contribution in [0.4, 0.5) is 4.79 Å². The molecule has 2 aromatic carbocycles. The van der Waals surface area contributed by atoms with E-state index in [4.69, 9.17) is 0 Å². The van der Waals surface area contributed by atoms with E-state index in [2.05, 4.69) is 5.32 Å². The molecule has 26 heavy (non-hydrogen) atoms. The standard InChI is InChI=1S/C20H18N2O3S/c23-18(14-16-9-5-2-6-10-16)21-11-12-22-19(24)17(26-20(22)25)13-15-7-3-1-4-8-15/h1-10,13H,11-12,14H2,(H,21,23)/b17-13+. The van der Waals surface area contributed by atoms with Crippen LogP contribution in [0.25, 0.3) is 6.08 Å². The molecule has 132 valence electrons. The smallest absolute Gasteiger partial charge is 0.293 e. The SMILES string of the molecule is O=C(Cc1ccccc1)NCCN1C(=O)S/C(=C/c2ccccc2)C1=O. The summed E-state index contributed by atoms with van der Waals surface area (Å²) in [6.45, 7) is 0.402. The van der Waals surface area contributed by atoms with Gasteiger partial charge in [0.15, 0.2) is 0 Å². The maximum atomic E-state index is 12.4. The first kappa shape index (κ1) is 17.9. The Hall–Kier alpha value is -2.86. The van der Waals surface area contributed by atoms with Crippen LogP contribution in [0.5, 0.6) is 0 Å². The Morgan fingerprint density at radius 1 is 1.00 bits per heavy atom. The Kier molecular flexibility index (Phi) is 5.86. The normalized spacial score (nSPS) is 15.5. The predicted octanol–water partition coefficient (Wildman–Crippen LogP) is 3.08. The van der Waals surface area contributed by atoms with Gasteiger partial charge in [0, 0.05) is 13.1 Å². The maximum Gasteiger partial charge on any atom is 0.293 e. The van der Waals surface area contributed by atoms with E-state index in [0.29, 0.717) is 4.91 Å². The minimum atomic E-state index is -0.318. The third-order valence-electron chi connectivity index (χ3n) is 3.84. The number of hydrogen-bond acceptors (Lipinski definition) is 4. The molecular weight excluding hydrogens is 348 g/mol. The van der Waals surface area contributed by atoms with E-state index in [9.17, 15) is 14.4 Å². The molecular formula is C20H18N2O3S. The zero-order valence-corrected chi connectivity index (χ0v) is 14.9. The van der Waals surface area contributed by atoms with Crippen LogP contribution in [0.1, 0.15) is 11.1 Å². The number of rotatable bonds is 6. The van der Waals surface area contributed by atoms with Crippen molar-refractivity contribution in [1.82, 2.24) is 10.2 Å². The van der Waals surface area contributed by atoms with Gasteiger partial charge in [0.05, 0.1) is 11.3 Å². The second kappa shape index (κ2) is 8.49. The Labute approximate surface area is 156 Å². The number of nitrogens with one attached hydrogen (secondary N) is 1. The van der Waals surface area contributed by atoms with Crippen LogP contribution in [0.2, 0.25) is 0 Å². The van der Waals surface area contributed by atoms with Crippen molar-refractivity contribution < 1.29 is 14.4 Å². The number of imide groups is 1. The lowest BCUT2D eigenvalue weighted by atomic mass is 10.1. The van der Waals surface area contributed by atoms with E-state index in [0.717, 1.165) is 22.9 Å². The molecule has 3 rings (SSSR count). The van der Waals surface area contributed by atoms with Crippen molar-refractivity contribution in [3.8, 4) is 0 Å². The fourth-order valence-corrected chi connectivity index (χ4v) is 3.41. The van der Waals surface area contributed by atoms with Gasteiger partial charge < -0.3 is 5.32 Å². The van der Waals surface area contributed by atoms with Gasteiger partial charge in [0.1, 0.15) is 0 Å². The highest BCUT2D eigenvalue weighted by Gasteiger charge is 2.34. The second-order valence-corrected chi connectivity index (χ2v) is 6.75. The van der Waals surface area contributed by atoms with Crippen LogP contribution in [0.15, 0.2) is 65.6 Å². The molecule has 1 heterocycles. The van der Waals surface area contributed by atoms with E-state index in [1.165, 1.54) is 4.90 Å². The van der Waals surface area contributed by atoms with Crippen molar-refractivity contribution in [2.45, 2.75) is 6.42 Å². The number of carbonyl (C=O) groups is 3. The predicted molar refractivity (Wildman–Crippen MR) is 102 cm³/mol. The molecule has 0 aromatic heterocycles. The van der Waals surface area contributed by atoms with E-state index < -0.39 is 0 Å². The highest BCUT2D eigenvalue weighted by molar-refractivity contribution is 8.18. The third kappa shape index (κ3) is 4.61. The van der Waals surface area contributed by atoms with E-state index >= 15 is 0 Å². The van der Waals surface area contributed by atoms with Crippen LogP contribution >= 0.6 is 11.8 Å². The summed E-state index contributed by atoms with van der Waals surface area (Å²) < 4.78 is 0.